The Morgan fingerprint density at radius 3 is 2.71 bits per heavy atom. The van der Waals surface area contributed by atoms with Gasteiger partial charge in [-0.05, 0) is 23.8 Å². The highest BCUT2D eigenvalue weighted by Crippen LogP contribution is 2.18. The van der Waals surface area contributed by atoms with Crippen molar-refractivity contribution in [3.8, 4) is 5.75 Å². The number of halogens is 3. The predicted molar refractivity (Wildman–Crippen MR) is 71.7 cm³/mol. The minimum atomic E-state index is -2.69. The zero-order valence-electron chi connectivity index (χ0n) is 11.4. The molecule has 0 aliphatic rings. The molecule has 0 bridgehead atoms. The first kappa shape index (κ1) is 17.0. The van der Waals surface area contributed by atoms with Gasteiger partial charge in [0.1, 0.15) is 0 Å². The maximum atomic E-state index is 13.4. The summed E-state index contributed by atoms with van der Waals surface area (Å²) in [6.45, 7) is -1.37. The van der Waals surface area contributed by atoms with Crippen LogP contribution in [0.1, 0.15) is 5.56 Å². The third-order valence-corrected chi connectivity index (χ3v) is 2.63. The molecule has 0 unspecified atom stereocenters. The second kappa shape index (κ2) is 8.31. The van der Waals surface area contributed by atoms with E-state index in [2.05, 4.69) is 0 Å². The van der Waals surface area contributed by atoms with Gasteiger partial charge in [-0.1, -0.05) is 6.07 Å². The van der Waals surface area contributed by atoms with Crippen molar-refractivity contribution in [1.29, 1.82) is 0 Å². The molecule has 0 fully saturated rings. The van der Waals surface area contributed by atoms with Gasteiger partial charge < -0.3 is 14.7 Å². The highest BCUT2D eigenvalue weighted by molar-refractivity contribution is 5.91. The quantitative estimate of drug-likeness (QED) is 0.783. The Balaban J connectivity index is 2.77. The summed E-state index contributed by atoms with van der Waals surface area (Å²) in [5.74, 6) is -1.20. The minimum absolute atomic E-state index is 0.0677. The molecule has 0 aliphatic carbocycles. The van der Waals surface area contributed by atoms with Crippen LogP contribution in [0.5, 0.6) is 5.75 Å². The van der Waals surface area contributed by atoms with Gasteiger partial charge in [-0.25, -0.2) is 13.2 Å². The van der Waals surface area contributed by atoms with E-state index in [0.717, 1.165) is 17.0 Å². The molecule has 1 amide bonds. The maximum absolute atomic E-state index is 13.4. The first-order valence-corrected chi connectivity index (χ1v) is 6.17. The van der Waals surface area contributed by atoms with E-state index < -0.39 is 31.3 Å². The van der Waals surface area contributed by atoms with Crippen LogP contribution in [-0.4, -0.2) is 49.1 Å². The van der Waals surface area contributed by atoms with Crippen molar-refractivity contribution in [2.45, 2.75) is 6.43 Å². The van der Waals surface area contributed by atoms with Crippen molar-refractivity contribution in [2.75, 3.05) is 26.8 Å². The van der Waals surface area contributed by atoms with E-state index in [-0.39, 0.29) is 12.3 Å². The number of amides is 1. The summed E-state index contributed by atoms with van der Waals surface area (Å²) >= 11 is 0. The second-order valence-corrected chi connectivity index (χ2v) is 4.13. The molecular weight excluding hydrogens is 287 g/mol. The van der Waals surface area contributed by atoms with E-state index in [9.17, 15) is 18.0 Å². The molecule has 0 aliphatic heterocycles. The molecule has 0 saturated heterocycles. The molecule has 0 heterocycles. The van der Waals surface area contributed by atoms with Crippen molar-refractivity contribution >= 4 is 12.0 Å². The van der Waals surface area contributed by atoms with E-state index in [4.69, 9.17) is 9.84 Å². The number of rotatable bonds is 7. The van der Waals surface area contributed by atoms with Crippen LogP contribution in [0.15, 0.2) is 24.3 Å². The smallest absolute Gasteiger partial charge is 0.255 e. The van der Waals surface area contributed by atoms with E-state index in [0.29, 0.717) is 5.56 Å². The fourth-order valence-electron chi connectivity index (χ4n) is 1.64. The molecule has 1 aromatic carbocycles. The highest BCUT2D eigenvalue weighted by Gasteiger charge is 2.15. The molecule has 1 aromatic rings. The Kier molecular flexibility index (Phi) is 6.74. The second-order valence-electron chi connectivity index (χ2n) is 4.13. The number of hydrogen-bond acceptors (Lipinski definition) is 3. The highest BCUT2D eigenvalue weighted by atomic mass is 19.3. The van der Waals surface area contributed by atoms with Crippen LogP contribution in [0, 0.1) is 5.82 Å². The number of nitrogens with zero attached hydrogens (tertiary/aromatic N) is 1. The molecular formula is C14H16F3NO3. The van der Waals surface area contributed by atoms with Crippen LogP contribution >= 0.6 is 0 Å². The number of alkyl halides is 2. The summed E-state index contributed by atoms with van der Waals surface area (Å²) in [6.07, 6.45) is -0.327. The number of carbonyl (C=O) groups is 1. The number of carbonyl (C=O) groups excluding carboxylic acids is 1. The minimum Gasteiger partial charge on any atom is -0.494 e. The molecule has 1 rings (SSSR count). The number of methoxy groups -OCH3 is 1. The van der Waals surface area contributed by atoms with Crippen molar-refractivity contribution < 1.29 is 27.8 Å². The molecule has 0 radical (unpaired) electrons. The van der Waals surface area contributed by atoms with Gasteiger partial charge in [0, 0.05) is 12.6 Å². The van der Waals surface area contributed by atoms with Crippen LogP contribution in [0.25, 0.3) is 6.08 Å². The average Bonchev–Trinajstić information content (AvgIpc) is 2.44. The standard InChI is InChI=1S/C14H16F3NO3/c1-21-12-4-2-10(8-11(12)15)3-5-14(20)18(6-7-19)9-13(16)17/h2-5,8,13,19H,6-7,9H2,1H3/b5-3+. The van der Waals surface area contributed by atoms with E-state index in [1.54, 1.807) is 0 Å². The van der Waals surface area contributed by atoms with Crippen LogP contribution in [0.2, 0.25) is 0 Å². The monoisotopic (exact) mass is 303 g/mol. The topological polar surface area (TPSA) is 49.8 Å². The number of ether oxygens (including phenoxy) is 1. The van der Waals surface area contributed by atoms with Gasteiger partial charge in [0.15, 0.2) is 11.6 Å². The van der Waals surface area contributed by atoms with Gasteiger partial charge in [-0.15, -0.1) is 0 Å². The SMILES string of the molecule is COc1ccc(/C=C/C(=O)N(CCO)CC(F)F)cc1F. The Hall–Kier alpha value is -2.02. The lowest BCUT2D eigenvalue weighted by atomic mass is 10.2. The Labute approximate surface area is 120 Å². The summed E-state index contributed by atoms with van der Waals surface area (Å²) in [7, 11) is 1.33. The zero-order valence-corrected chi connectivity index (χ0v) is 11.4. The summed E-state index contributed by atoms with van der Waals surface area (Å²) in [6, 6.07) is 4.07. The van der Waals surface area contributed by atoms with Gasteiger partial charge in [0.05, 0.1) is 20.3 Å². The number of benzene rings is 1. The Morgan fingerprint density at radius 1 is 1.48 bits per heavy atom. The van der Waals surface area contributed by atoms with Gasteiger partial charge in [-0.2, -0.15) is 0 Å². The summed E-state index contributed by atoms with van der Waals surface area (Å²) in [4.78, 5) is 12.5. The molecule has 4 nitrogen and oxygen atoms in total. The van der Waals surface area contributed by atoms with Crippen LogP contribution in [-0.2, 0) is 4.79 Å². The Bertz CT molecular complexity index is 506. The Morgan fingerprint density at radius 2 is 2.19 bits per heavy atom. The molecule has 0 atom stereocenters. The van der Waals surface area contributed by atoms with Crippen molar-refractivity contribution in [3.63, 3.8) is 0 Å². The lowest BCUT2D eigenvalue weighted by molar-refractivity contribution is -0.128. The molecule has 1 N–H and O–H groups in total. The molecule has 0 saturated carbocycles. The zero-order chi connectivity index (χ0) is 15.8. The normalized spacial score (nSPS) is 11.1. The molecule has 0 aromatic heterocycles. The van der Waals surface area contributed by atoms with Crippen molar-refractivity contribution in [1.82, 2.24) is 4.90 Å². The predicted octanol–water partition coefficient (Wildman–Crippen LogP) is 1.93. The fourth-order valence-corrected chi connectivity index (χ4v) is 1.64. The summed E-state index contributed by atoms with van der Waals surface area (Å²) < 4.78 is 42.8. The van der Waals surface area contributed by atoms with Gasteiger partial charge >= 0.3 is 0 Å². The van der Waals surface area contributed by atoms with Gasteiger partial charge in [0.2, 0.25) is 5.91 Å². The van der Waals surface area contributed by atoms with Gasteiger partial charge in [-0.3, -0.25) is 4.79 Å². The first-order chi connectivity index (χ1) is 9.97. The van der Waals surface area contributed by atoms with Crippen LogP contribution in [0.4, 0.5) is 13.2 Å². The lowest BCUT2D eigenvalue weighted by Gasteiger charge is -2.19. The van der Waals surface area contributed by atoms with E-state index in [1.807, 2.05) is 0 Å². The third kappa shape index (κ3) is 5.47. The molecule has 0 spiro atoms. The van der Waals surface area contributed by atoms with E-state index >= 15 is 0 Å². The van der Waals surface area contributed by atoms with Gasteiger partial charge in [0.25, 0.3) is 6.43 Å². The summed E-state index contributed by atoms with van der Waals surface area (Å²) in [5.41, 5.74) is 0.391. The average molecular weight is 303 g/mol. The lowest BCUT2D eigenvalue weighted by Crippen LogP contribution is -2.36. The van der Waals surface area contributed by atoms with Crippen molar-refractivity contribution in [2.24, 2.45) is 0 Å². The molecule has 116 valence electrons. The van der Waals surface area contributed by atoms with Crippen LogP contribution < -0.4 is 4.74 Å². The van der Waals surface area contributed by atoms with Crippen molar-refractivity contribution in [3.05, 3.63) is 35.7 Å². The number of aliphatic hydroxyl groups excluding tert-OH is 1. The number of hydrogen-bond donors (Lipinski definition) is 1. The fraction of sp³-hybridized carbons (Fsp3) is 0.357. The summed E-state index contributed by atoms with van der Waals surface area (Å²) in [5, 5.41) is 8.75. The largest absolute Gasteiger partial charge is 0.494 e. The third-order valence-electron chi connectivity index (χ3n) is 2.63. The maximum Gasteiger partial charge on any atom is 0.255 e. The van der Waals surface area contributed by atoms with E-state index in [1.165, 1.54) is 25.3 Å². The van der Waals surface area contributed by atoms with Crippen LogP contribution in [0.3, 0.4) is 0 Å². The number of aliphatic hydroxyl groups is 1. The molecule has 21 heavy (non-hydrogen) atoms. The molecule has 7 heteroatoms. The first-order valence-electron chi connectivity index (χ1n) is 6.17.